The second-order valence-corrected chi connectivity index (χ2v) is 4.27. The van der Waals surface area contributed by atoms with Crippen LogP contribution in [0.5, 0.6) is 0 Å². The van der Waals surface area contributed by atoms with Crippen LogP contribution in [0.25, 0.3) is 10.8 Å². The molecule has 0 spiro atoms. The van der Waals surface area contributed by atoms with Crippen molar-refractivity contribution in [3.63, 3.8) is 0 Å². The largest absolute Gasteiger partial charge is 0.364 e. The van der Waals surface area contributed by atoms with Gasteiger partial charge in [-0.2, -0.15) is 5.26 Å². The van der Waals surface area contributed by atoms with Crippen LogP contribution in [-0.4, -0.2) is 13.1 Å². The molecule has 0 N–H and O–H groups in total. The SMILES string of the molecule is C=CCN(CC=C)c1ccc(C#N)c2ccccc12. The van der Waals surface area contributed by atoms with Crippen molar-refractivity contribution >= 4 is 16.5 Å². The molecule has 0 bridgehead atoms. The fraction of sp³-hybridized carbons (Fsp3) is 0.118. The zero-order chi connectivity index (χ0) is 13.7. The van der Waals surface area contributed by atoms with Gasteiger partial charge in [0.2, 0.25) is 0 Å². The highest BCUT2D eigenvalue weighted by molar-refractivity contribution is 5.97. The first-order valence-electron chi connectivity index (χ1n) is 6.20. The summed E-state index contributed by atoms with van der Waals surface area (Å²) in [5.41, 5.74) is 1.81. The Kier molecular flexibility index (Phi) is 4.00. The Morgan fingerprint density at radius 3 is 2.21 bits per heavy atom. The second-order valence-electron chi connectivity index (χ2n) is 4.27. The van der Waals surface area contributed by atoms with Gasteiger partial charge in [0.25, 0.3) is 0 Å². The van der Waals surface area contributed by atoms with Crippen LogP contribution in [-0.2, 0) is 0 Å². The van der Waals surface area contributed by atoms with Crippen LogP contribution in [0, 0.1) is 11.3 Å². The Hall–Kier alpha value is -2.53. The van der Waals surface area contributed by atoms with Crippen LogP contribution in [0.2, 0.25) is 0 Å². The average Bonchev–Trinajstić information content (AvgIpc) is 2.46. The summed E-state index contributed by atoms with van der Waals surface area (Å²) in [4.78, 5) is 2.18. The molecule has 0 heterocycles. The van der Waals surface area contributed by atoms with Crippen LogP contribution >= 0.6 is 0 Å². The molecule has 94 valence electrons. The van der Waals surface area contributed by atoms with Gasteiger partial charge in [-0.05, 0) is 12.1 Å². The van der Waals surface area contributed by atoms with Gasteiger partial charge >= 0.3 is 0 Å². The number of hydrogen-bond acceptors (Lipinski definition) is 2. The Balaban J connectivity index is 2.63. The number of nitriles is 1. The van der Waals surface area contributed by atoms with Crippen molar-refractivity contribution in [3.05, 3.63) is 67.3 Å². The van der Waals surface area contributed by atoms with Gasteiger partial charge < -0.3 is 4.90 Å². The predicted molar refractivity (Wildman–Crippen MR) is 81.3 cm³/mol. The predicted octanol–water partition coefficient (Wildman–Crippen LogP) is 3.89. The number of hydrogen-bond donors (Lipinski definition) is 0. The molecule has 19 heavy (non-hydrogen) atoms. The third-order valence-corrected chi connectivity index (χ3v) is 3.06. The first-order valence-corrected chi connectivity index (χ1v) is 6.20. The van der Waals surface area contributed by atoms with Gasteiger partial charge in [0.05, 0.1) is 11.6 Å². The van der Waals surface area contributed by atoms with E-state index in [1.54, 1.807) is 0 Å². The van der Waals surface area contributed by atoms with Gasteiger partial charge in [-0.25, -0.2) is 0 Å². The van der Waals surface area contributed by atoms with E-state index in [1.807, 2.05) is 48.6 Å². The van der Waals surface area contributed by atoms with Gasteiger partial charge in [0, 0.05) is 29.5 Å². The lowest BCUT2D eigenvalue weighted by atomic mass is 10.0. The summed E-state index contributed by atoms with van der Waals surface area (Å²) in [5.74, 6) is 0. The van der Waals surface area contributed by atoms with E-state index >= 15 is 0 Å². The maximum Gasteiger partial charge on any atom is 0.0998 e. The van der Waals surface area contributed by atoms with E-state index in [-0.39, 0.29) is 0 Å². The van der Waals surface area contributed by atoms with E-state index in [1.165, 1.54) is 0 Å². The number of benzene rings is 2. The van der Waals surface area contributed by atoms with Crippen LogP contribution in [0.1, 0.15) is 5.56 Å². The molecule has 2 aromatic rings. The van der Waals surface area contributed by atoms with E-state index < -0.39 is 0 Å². The van der Waals surface area contributed by atoms with Crippen molar-refractivity contribution in [2.45, 2.75) is 0 Å². The summed E-state index contributed by atoms with van der Waals surface area (Å²) < 4.78 is 0. The molecule has 0 aromatic heterocycles. The molecule has 2 aromatic carbocycles. The molecule has 0 aliphatic heterocycles. The second kappa shape index (κ2) is 5.88. The molecule has 0 saturated carbocycles. The minimum absolute atomic E-state index is 0.705. The molecule has 2 nitrogen and oxygen atoms in total. The smallest absolute Gasteiger partial charge is 0.0998 e. The van der Waals surface area contributed by atoms with E-state index in [2.05, 4.69) is 24.1 Å². The molecule has 0 fully saturated rings. The molecular formula is C17H16N2. The number of nitrogens with zero attached hydrogens (tertiary/aromatic N) is 2. The summed E-state index contributed by atoms with van der Waals surface area (Å²) in [7, 11) is 0. The standard InChI is InChI=1S/C17H16N2/c1-3-11-19(12-4-2)17-10-9-14(13-18)15-7-5-6-8-16(15)17/h3-10H,1-2,11-12H2. The van der Waals surface area contributed by atoms with Gasteiger partial charge in [-0.1, -0.05) is 36.4 Å². The van der Waals surface area contributed by atoms with Crippen LogP contribution in [0.4, 0.5) is 5.69 Å². The Morgan fingerprint density at radius 2 is 1.63 bits per heavy atom. The topological polar surface area (TPSA) is 27.0 Å². The lowest BCUT2D eigenvalue weighted by Crippen LogP contribution is -2.23. The summed E-state index contributed by atoms with van der Waals surface area (Å²) in [6, 6.07) is 14.1. The number of rotatable bonds is 5. The number of fused-ring (bicyclic) bond motifs is 1. The highest BCUT2D eigenvalue weighted by Gasteiger charge is 2.09. The van der Waals surface area contributed by atoms with Crippen molar-refractivity contribution < 1.29 is 0 Å². The fourth-order valence-electron chi connectivity index (χ4n) is 2.24. The van der Waals surface area contributed by atoms with E-state index in [9.17, 15) is 5.26 Å². The Labute approximate surface area is 113 Å². The van der Waals surface area contributed by atoms with Crippen molar-refractivity contribution in [2.24, 2.45) is 0 Å². The molecule has 0 aliphatic rings. The van der Waals surface area contributed by atoms with Crippen LogP contribution in [0.15, 0.2) is 61.7 Å². The molecule has 0 radical (unpaired) electrons. The highest BCUT2D eigenvalue weighted by Crippen LogP contribution is 2.29. The van der Waals surface area contributed by atoms with Gasteiger partial charge in [0.1, 0.15) is 0 Å². The van der Waals surface area contributed by atoms with Crippen molar-refractivity contribution in [3.8, 4) is 6.07 Å². The molecule has 2 rings (SSSR count). The Morgan fingerprint density at radius 1 is 1.00 bits per heavy atom. The maximum atomic E-state index is 9.18. The van der Waals surface area contributed by atoms with Gasteiger partial charge in [-0.3, -0.25) is 0 Å². The molecule has 0 aliphatic carbocycles. The van der Waals surface area contributed by atoms with Crippen LogP contribution in [0.3, 0.4) is 0 Å². The first kappa shape index (κ1) is 12.9. The van der Waals surface area contributed by atoms with E-state index in [0.717, 1.165) is 29.5 Å². The summed E-state index contributed by atoms with van der Waals surface area (Å²) in [6.45, 7) is 9.09. The minimum Gasteiger partial charge on any atom is -0.364 e. The van der Waals surface area contributed by atoms with E-state index in [0.29, 0.717) is 5.56 Å². The molecule has 0 amide bonds. The molecule has 0 saturated heterocycles. The molecule has 2 heteroatoms. The fourth-order valence-corrected chi connectivity index (χ4v) is 2.24. The highest BCUT2D eigenvalue weighted by atomic mass is 15.1. The van der Waals surface area contributed by atoms with Crippen LogP contribution < -0.4 is 4.90 Å². The quantitative estimate of drug-likeness (QED) is 0.750. The van der Waals surface area contributed by atoms with Crippen molar-refractivity contribution in [2.75, 3.05) is 18.0 Å². The summed E-state index contributed by atoms with van der Waals surface area (Å²) >= 11 is 0. The minimum atomic E-state index is 0.705. The molecular weight excluding hydrogens is 232 g/mol. The Bertz CT molecular complexity index is 640. The zero-order valence-electron chi connectivity index (χ0n) is 10.8. The first-order chi connectivity index (χ1) is 9.31. The third kappa shape index (κ3) is 2.51. The van der Waals surface area contributed by atoms with Gasteiger partial charge in [0.15, 0.2) is 0 Å². The monoisotopic (exact) mass is 248 g/mol. The summed E-state index contributed by atoms with van der Waals surface area (Å²) in [6.07, 6.45) is 3.74. The molecule has 0 unspecified atom stereocenters. The summed E-state index contributed by atoms with van der Waals surface area (Å²) in [5, 5.41) is 11.3. The lowest BCUT2D eigenvalue weighted by molar-refractivity contribution is 0.963. The van der Waals surface area contributed by atoms with Crippen molar-refractivity contribution in [1.82, 2.24) is 0 Å². The molecule has 0 atom stereocenters. The number of anilines is 1. The van der Waals surface area contributed by atoms with Crippen molar-refractivity contribution in [1.29, 1.82) is 5.26 Å². The van der Waals surface area contributed by atoms with E-state index in [4.69, 9.17) is 0 Å². The normalized spacial score (nSPS) is 9.84. The third-order valence-electron chi connectivity index (χ3n) is 3.06. The van der Waals surface area contributed by atoms with Gasteiger partial charge in [-0.15, -0.1) is 13.2 Å². The maximum absolute atomic E-state index is 9.18. The average molecular weight is 248 g/mol. The zero-order valence-corrected chi connectivity index (χ0v) is 10.8. The lowest BCUT2D eigenvalue weighted by Gasteiger charge is -2.23.